The van der Waals surface area contributed by atoms with Gasteiger partial charge in [-0.05, 0) is 44.1 Å². The molecule has 5 nitrogen and oxygen atoms in total. The number of hydrogen-bond donors (Lipinski definition) is 1. The van der Waals surface area contributed by atoms with Crippen LogP contribution in [0.25, 0.3) is 11.0 Å². The molecule has 1 aliphatic rings. The van der Waals surface area contributed by atoms with Gasteiger partial charge in [0.15, 0.2) is 0 Å². The molecule has 0 bridgehead atoms. The van der Waals surface area contributed by atoms with Crippen LogP contribution in [0.5, 0.6) is 0 Å². The van der Waals surface area contributed by atoms with Crippen LogP contribution in [0.3, 0.4) is 0 Å². The Morgan fingerprint density at radius 1 is 1.33 bits per heavy atom. The van der Waals surface area contributed by atoms with Crippen molar-refractivity contribution in [1.29, 1.82) is 0 Å². The smallest absolute Gasteiger partial charge is 0.329 e. The Bertz CT molecular complexity index is 686. The van der Waals surface area contributed by atoms with Crippen molar-refractivity contribution in [3.05, 3.63) is 33.7 Å². The highest BCUT2D eigenvalue weighted by molar-refractivity contribution is 6.31. The van der Waals surface area contributed by atoms with Gasteiger partial charge in [-0.3, -0.25) is 9.13 Å². The van der Waals surface area contributed by atoms with Crippen molar-refractivity contribution in [2.75, 3.05) is 26.8 Å². The Morgan fingerprint density at radius 3 is 2.81 bits per heavy atom. The Morgan fingerprint density at radius 2 is 2.10 bits per heavy atom. The largest absolute Gasteiger partial charge is 0.383 e. The monoisotopic (exact) mass is 309 g/mol. The van der Waals surface area contributed by atoms with Gasteiger partial charge in [0, 0.05) is 18.2 Å². The highest BCUT2D eigenvalue weighted by atomic mass is 35.5. The number of fused-ring (bicyclic) bond motifs is 1. The van der Waals surface area contributed by atoms with Crippen molar-refractivity contribution in [2.24, 2.45) is 0 Å². The zero-order valence-corrected chi connectivity index (χ0v) is 12.9. The predicted octanol–water partition coefficient (Wildman–Crippen LogP) is 2.03. The van der Waals surface area contributed by atoms with Crippen molar-refractivity contribution < 1.29 is 4.74 Å². The number of methoxy groups -OCH3 is 1. The van der Waals surface area contributed by atoms with Gasteiger partial charge < -0.3 is 10.1 Å². The molecule has 0 spiro atoms. The summed E-state index contributed by atoms with van der Waals surface area (Å²) in [5, 5.41) is 3.99. The molecule has 1 aliphatic heterocycles. The van der Waals surface area contributed by atoms with E-state index in [9.17, 15) is 4.79 Å². The first kappa shape index (κ1) is 14.6. The van der Waals surface area contributed by atoms with Gasteiger partial charge in [0.25, 0.3) is 0 Å². The van der Waals surface area contributed by atoms with E-state index in [0.29, 0.717) is 18.2 Å². The van der Waals surface area contributed by atoms with Crippen LogP contribution in [0.1, 0.15) is 18.9 Å². The van der Waals surface area contributed by atoms with Gasteiger partial charge in [-0.15, -0.1) is 0 Å². The topological polar surface area (TPSA) is 48.2 Å². The van der Waals surface area contributed by atoms with E-state index in [1.165, 1.54) is 0 Å². The summed E-state index contributed by atoms with van der Waals surface area (Å²) in [5.41, 5.74) is 1.90. The molecule has 21 heavy (non-hydrogen) atoms. The number of imidazole rings is 1. The van der Waals surface area contributed by atoms with E-state index in [4.69, 9.17) is 16.3 Å². The van der Waals surface area contributed by atoms with Crippen LogP contribution >= 0.6 is 11.6 Å². The highest BCUT2D eigenvalue weighted by Crippen LogP contribution is 2.25. The van der Waals surface area contributed by atoms with Crippen LogP contribution in [0.2, 0.25) is 5.02 Å². The fourth-order valence-electron chi connectivity index (χ4n) is 3.07. The predicted molar refractivity (Wildman–Crippen MR) is 84.2 cm³/mol. The van der Waals surface area contributed by atoms with Crippen molar-refractivity contribution in [1.82, 2.24) is 14.5 Å². The zero-order valence-electron chi connectivity index (χ0n) is 12.1. The maximum absolute atomic E-state index is 12.8. The minimum atomic E-state index is 0.0382. The van der Waals surface area contributed by atoms with E-state index in [0.717, 1.165) is 37.0 Å². The van der Waals surface area contributed by atoms with E-state index in [-0.39, 0.29) is 11.7 Å². The lowest BCUT2D eigenvalue weighted by Gasteiger charge is -2.23. The molecule has 0 aliphatic carbocycles. The van der Waals surface area contributed by atoms with Crippen molar-refractivity contribution >= 4 is 22.6 Å². The lowest BCUT2D eigenvalue weighted by Crippen LogP contribution is -2.35. The Hall–Kier alpha value is -1.30. The van der Waals surface area contributed by atoms with E-state index in [1.54, 1.807) is 11.7 Å². The highest BCUT2D eigenvalue weighted by Gasteiger charge is 2.22. The zero-order chi connectivity index (χ0) is 14.8. The maximum Gasteiger partial charge on any atom is 0.329 e. The van der Waals surface area contributed by atoms with Gasteiger partial charge in [0.1, 0.15) is 0 Å². The molecule has 0 atom stereocenters. The van der Waals surface area contributed by atoms with Crippen LogP contribution in [0.15, 0.2) is 23.0 Å². The quantitative estimate of drug-likeness (QED) is 0.940. The second-order valence-corrected chi connectivity index (χ2v) is 5.85. The number of benzene rings is 1. The molecule has 0 amide bonds. The standard InChI is InChI=1S/C15H20ClN3O2/c1-21-9-8-18-14-10-11(16)2-3-13(14)19(15(18)20)12-4-6-17-7-5-12/h2-3,10,12,17H,4-9H2,1H3. The third kappa shape index (κ3) is 2.73. The fourth-order valence-corrected chi connectivity index (χ4v) is 3.24. The molecule has 114 valence electrons. The molecule has 0 radical (unpaired) electrons. The lowest BCUT2D eigenvalue weighted by atomic mass is 10.1. The summed E-state index contributed by atoms with van der Waals surface area (Å²) in [6.45, 7) is 2.97. The van der Waals surface area contributed by atoms with Crippen LogP contribution in [0, 0.1) is 0 Å². The summed E-state index contributed by atoms with van der Waals surface area (Å²) >= 11 is 6.11. The summed E-state index contributed by atoms with van der Waals surface area (Å²) in [4.78, 5) is 12.8. The summed E-state index contributed by atoms with van der Waals surface area (Å²) in [6, 6.07) is 5.92. The van der Waals surface area contributed by atoms with Crippen molar-refractivity contribution in [3.63, 3.8) is 0 Å². The van der Waals surface area contributed by atoms with Gasteiger partial charge in [0.05, 0.1) is 24.2 Å². The molecular weight excluding hydrogens is 290 g/mol. The average molecular weight is 310 g/mol. The van der Waals surface area contributed by atoms with Crippen LogP contribution in [-0.2, 0) is 11.3 Å². The second-order valence-electron chi connectivity index (χ2n) is 5.41. The SMILES string of the molecule is COCCn1c(=O)n(C2CCNCC2)c2ccc(Cl)cc21. The lowest BCUT2D eigenvalue weighted by molar-refractivity contribution is 0.186. The van der Waals surface area contributed by atoms with E-state index in [2.05, 4.69) is 5.32 Å². The van der Waals surface area contributed by atoms with Crippen LogP contribution in [-0.4, -0.2) is 35.9 Å². The summed E-state index contributed by atoms with van der Waals surface area (Å²) in [5.74, 6) is 0. The van der Waals surface area contributed by atoms with E-state index >= 15 is 0 Å². The molecule has 1 N–H and O–H groups in total. The Kier molecular flexibility index (Phi) is 4.33. The molecule has 1 fully saturated rings. The molecule has 1 aromatic heterocycles. The number of halogens is 1. The molecule has 0 saturated carbocycles. The molecule has 1 aromatic carbocycles. The van der Waals surface area contributed by atoms with Crippen molar-refractivity contribution in [3.8, 4) is 0 Å². The summed E-state index contributed by atoms with van der Waals surface area (Å²) in [7, 11) is 1.64. The van der Waals surface area contributed by atoms with Gasteiger partial charge in [0.2, 0.25) is 0 Å². The first-order chi connectivity index (χ1) is 10.2. The summed E-state index contributed by atoms with van der Waals surface area (Å²) < 4.78 is 8.83. The molecular formula is C15H20ClN3O2. The van der Waals surface area contributed by atoms with E-state index < -0.39 is 0 Å². The number of piperidine rings is 1. The first-order valence-corrected chi connectivity index (χ1v) is 7.70. The van der Waals surface area contributed by atoms with Gasteiger partial charge in [-0.1, -0.05) is 11.6 Å². The number of ether oxygens (including phenoxy) is 1. The minimum Gasteiger partial charge on any atom is -0.383 e. The van der Waals surface area contributed by atoms with Crippen molar-refractivity contribution in [2.45, 2.75) is 25.4 Å². The minimum absolute atomic E-state index is 0.0382. The number of nitrogens with zero attached hydrogens (tertiary/aromatic N) is 2. The molecule has 1 saturated heterocycles. The Balaban J connectivity index is 2.14. The van der Waals surface area contributed by atoms with E-state index in [1.807, 2.05) is 22.8 Å². The average Bonchev–Trinajstić information content (AvgIpc) is 2.77. The molecule has 0 unspecified atom stereocenters. The number of aromatic nitrogens is 2. The van der Waals surface area contributed by atoms with Crippen LogP contribution in [0.4, 0.5) is 0 Å². The molecule has 3 rings (SSSR count). The Labute approximate surface area is 128 Å². The fraction of sp³-hybridized carbons (Fsp3) is 0.533. The van der Waals surface area contributed by atoms with Gasteiger partial charge in [-0.2, -0.15) is 0 Å². The number of nitrogens with one attached hydrogen (secondary N) is 1. The van der Waals surface area contributed by atoms with Crippen LogP contribution < -0.4 is 11.0 Å². The molecule has 2 heterocycles. The second kappa shape index (κ2) is 6.22. The third-order valence-electron chi connectivity index (χ3n) is 4.12. The number of hydrogen-bond acceptors (Lipinski definition) is 3. The molecule has 6 heteroatoms. The maximum atomic E-state index is 12.8. The number of rotatable bonds is 4. The molecule has 2 aromatic rings. The first-order valence-electron chi connectivity index (χ1n) is 7.32. The normalized spacial score (nSPS) is 16.7. The van der Waals surface area contributed by atoms with Gasteiger partial charge in [-0.25, -0.2) is 4.79 Å². The third-order valence-corrected chi connectivity index (χ3v) is 4.35. The van der Waals surface area contributed by atoms with Gasteiger partial charge >= 0.3 is 5.69 Å². The summed E-state index contributed by atoms with van der Waals surface area (Å²) in [6.07, 6.45) is 1.96.